The summed E-state index contributed by atoms with van der Waals surface area (Å²) in [6, 6.07) is 9.10. The van der Waals surface area contributed by atoms with E-state index >= 15 is 0 Å². The third-order valence-corrected chi connectivity index (χ3v) is 4.34. The fourth-order valence-electron chi connectivity index (χ4n) is 2.49. The number of esters is 1. The van der Waals surface area contributed by atoms with Crippen LogP contribution in [0.2, 0.25) is 5.02 Å². The van der Waals surface area contributed by atoms with Crippen molar-refractivity contribution in [2.24, 2.45) is 0 Å². The van der Waals surface area contributed by atoms with E-state index in [1.165, 1.54) is 13.0 Å². The van der Waals surface area contributed by atoms with Crippen molar-refractivity contribution in [1.82, 2.24) is 0 Å². The summed E-state index contributed by atoms with van der Waals surface area (Å²) in [6.07, 6.45) is -0.336. The number of nitro groups is 1. The summed E-state index contributed by atoms with van der Waals surface area (Å²) in [5.41, 5.74) is 2.28. The molecule has 0 saturated heterocycles. The molecule has 0 aliphatic rings. The van der Waals surface area contributed by atoms with Gasteiger partial charge in [-0.1, -0.05) is 36.7 Å². The summed E-state index contributed by atoms with van der Waals surface area (Å²) in [6.45, 7) is 5.29. The van der Waals surface area contributed by atoms with E-state index in [1.54, 1.807) is 0 Å². The average Bonchev–Trinajstić information content (AvgIpc) is 2.62. The Morgan fingerprint density at radius 3 is 2.59 bits per heavy atom. The molecule has 2 aromatic rings. The van der Waals surface area contributed by atoms with E-state index in [2.05, 4.69) is 5.32 Å². The molecule has 0 spiro atoms. The Morgan fingerprint density at radius 1 is 1.30 bits per heavy atom. The number of ether oxygens (including phenoxy) is 1. The molecule has 0 aliphatic heterocycles. The predicted molar refractivity (Wildman–Crippen MR) is 102 cm³/mol. The first-order valence-corrected chi connectivity index (χ1v) is 8.66. The zero-order chi connectivity index (χ0) is 20.1. The van der Waals surface area contributed by atoms with Crippen LogP contribution in [0.15, 0.2) is 36.4 Å². The lowest BCUT2D eigenvalue weighted by Gasteiger charge is -2.17. The zero-order valence-corrected chi connectivity index (χ0v) is 15.9. The van der Waals surface area contributed by atoms with Gasteiger partial charge in [0, 0.05) is 17.8 Å². The minimum atomic E-state index is -1.08. The van der Waals surface area contributed by atoms with E-state index in [9.17, 15) is 19.7 Å². The molecule has 0 saturated carbocycles. The summed E-state index contributed by atoms with van der Waals surface area (Å²) >= 11 is 5.92. The number of benzene rings is 2. The van der Waals surface area contributed by atoms with Gasteiger partial charge < -0.3 is 10.1 Å². The number of nitro benzene ring substituents is 1. The van der Waals surface area contributed by atoms with Gasteiger partial charge in [-0.3, -0.25) is 14.9 Å². The second-order valence-electron chi connectivity index (χ2n) is 5.92. The number of anilines is 1. The Balaban J connectivity index is 2.11. The number of hydrogen-bond acceptors (Lipinski definition) is 5. The van der Waals surface area contributed by atoms with Crippen LogP contribution in [0.5, 0.6) is 0 Å². The Hall–Kier alpha value is -2.93. The lowest BCUT2D eigenvalue weighted by Crippen LogP contribution is -2.30. The molecule has 7 nitrogen and oxygen atoms in total. The standard InChI is InChI=1S/C19H19ClN2O5/c1-4-13-7-5-6-11(2)17(13)21-18(23)12(3)27-19(24)15-9-8-14(22(25)26)10-16(15)20/h5-10,12H,4H2,1-3H3,(H,21,23)/t12-/m0/s1. The Kier molecular flexibility index (Phi) is 6.52. The van der Waals surface area contributed by atoms with Crippen LogP contribution in [0.1, 0.15) is 35.3 Å². The van der Waals surface area contributed by atoms with Gasteiger partial charge in [-0.15, -0.1) is 0 Å². The Morgan fingerprint density at radius 2 is 2.00 bits per heavy atom. The van der Waals surface area contributed by atoms with Crippen molar-refractivity contribution >= 4 is 34.9 Å². The fraction of sp³-hybridized carbons (Fsp3) is 0.263. The topological polar surface area (TPSA) is 98.5 Å². The molecule has 0 aliphatic carbocycles. The van der Waals surface area contributed by atoms with Gasteiger partial charge in [0.25, 0.3) is 11.6 Å². The number of carbonyl (C=O) groups is 2. The fourth-order valence-corrected chi connectivity index (χ4v) is 2.74. The van der Waals surface area contributed by atoms with E-state index in [0.29, 0.717) is 5.69 Å². The summed E-state index contributed by atoms with van der Waals surface area (Å²) < 4.78 is 5.16. The lowest BCUT2D eigenvalue weighted by atomic mass is 10.1. The molecule has 0 radical (unpaired) electrons. The molecular formula is C19H19ClN2O5. The molecular weight excluding hydrogens is 372 g/mol. The van der Waals surface area contributed by atoms with Crippen LogP contribution in [0, 0.1) is 17.0 Å². The summed E-state index contributed by atoms with van der Waals surface area (Å²) in [5.74, 6) is -1.32. The number of nitrogens with zero attached hydrogens (tertiary/aromatic N) is 1. The van der Waals surface area contributed by atoms with Gasteiger partial charge in [-0.25, -0.2) is 4.79 Å². The quantitative estimate of drug-likeness (QED) is 0.450. The minimum absolute atomic E-state index is 0.0490. The number of nitrogens with one attached hydrogen (secondary N) is 1. The second-order valence-corrected chi connectivity index (χ2v) is 6.33. The van der Waals surface area contributed by atoms with Crippen molar-refractivity contribution in [2.75, 3.05) is 5.32 Å². The van der Waals surface area contributed by atoms with Crippen molar-refractivity contribution in [3.8, 4) is 0 Å². The summed E-state index contributed by atoms with van der Waals surface area (Å²) in [5, 5.41) is 13.4. The summed E-state index contributed by atoms with van der Waals surface area (Å²) in [7, 11) is 0. The van der Waals surface area contributed by atoms with Gasteiger partial charge in [-0.05, 0) is 37.5 Å². The molecule has 0 unspecified atom stereocenters. The number of halogens is 1. The molecule has 1 amide bonds. The first-order valence-electron chi connectivity index (χ1n) is 8.28. The third kappa shape index (κ3) is 4.83. The highest BCUT2D eigenvalue weighted by atomic mass is 35.5. The minimum Gasteiger partial charge on any atom is -0.449 e. The van der Waals surface area contributed by atoms with Crippen LogP contribution in [0.25, 0.3) is 0 Å². The zero-order valence-electron chi connectivity index (χ0n) is 15.1. The molecule has 0 aromatic heterocycles. The van der Waals surface area contributed by atoms with Crippen molar-refractivity contribution in [2.45, 2.75) is 33.3 Å². The number of hydrogen-bond donors (Lipinski definition) is 1. The second kappa shape index (κ2) is 8.64. The monoisotopic (exact) mass is 390 g/mol. The lowest BCUT2D eigenvalue weighted by molar-refractivity contribution is -0.384. The number of carbonyl (C=O) groups excluding carboxylic acids is 2. The van der Waals surface area contributed by atoms with Crippen LogP contribution in [0.3, 0.4) is 0 Å². The molecule has 8 heteroatoms. The molecule has 2 aromatic carbocycles. The van der Waals surface area contributed by atoms with E-state index < -0.39 is 22.9 Å². The molecule has 2 rings (SSSR count). The molecule has 142 valence electrons. The number of aryl methyl sites for hydroxylation is 2. The smallest absolute Gasteiger partial charge is 0.340 e. The van der Waals surface area contributed by atoms with Gasteiger partial charge in [0.2, 0.25) is 0 Å². The molecule has 1 atom stereocenters. The third-order valence-electron chi connectivity index (χ3n) is 4.02. The van der Waals surface area contributed by atoms with Crippen LogP contribution in [0.4, 0.5) is 11.4 Å². The van der Waals surface area contributed by atoms with E-state index in [4.69, 9.17) is 16.3 Å². The van der Waals surface area contributed by atoms with Crippen LogP contribution in [-0.4, -0.2) is 22.9 Å². The normalized spacial score (nSPS) is 11.6. The van der Waals surface area contributed by atoms with Gasteiger partial charge >= 0.3 is 5.97 Å². The molecule has 0 heterocycles. The molecule has 27 heavy (non-hydrogen) atoms. The highest BCUT2D eigenvalue weighted by Gasteiger charge is 2.23. The SMILES string of the molecule is CCc1cccc(C)c1NC(=O)[C@H](C)OC(=O)c1ccc([N+](=O)[O-])cc1Cl. The Labute approximate surface area is 161 Å². The molecule has 0 bridgehead atoms. The molecule has 1 N–H and O–H groups in total. The number of rotatable bonds is 6. The van der Waals surface area contributed by atoms with Crippen molar-refractivity contribution in [3.05, 3.63) is 68.2 Å². The Bertz CT molecular complexity index is 898. The maximum absolute atomic E-state index is 12.4. The maximum Gasteiger partial charge on any atom is 0.340 e. The molecule has 0 fully saturated rings. The van der Waals surface area contributed by atoms with Gasteiger partial charge in [0.1, 0.15) is 0 Å². The van der Waals surface area contributed by atoms with Crippen LogP contribution >= 0.6 is 11.6 Å². The van der Waals surface area contributed by atoms with E-state index in [-0.39, 0.29) is 16.3 Å². The van der Waals surface area contributed by atoms with E-state index in [0.717, 1.165) is 29.7 Å². The highest BCUT2D eigenvalue weighted by Crippen LogP contribution is 2.24. The number of amides is 1. The van der Waals surface area contributed by atoms with Gasteiger partial charge in [0.05, 0.1) is 15.5 Å². The van der Waals surface area contributed by atoms with Crippen LogP contribution in [-0.2, 0) is 16.0 Å². The number of para-hydroxylation sites is 1. The van der Waals surface area contributed by atoms with Gasteiger partial charge in [0.15, 0.2) is 6.10 Å². The van der Waals surface area contributed by atoms with Crippen molar-refractivity contribution in [3.63, 3.8) is 0 Å². The summed E-state index contributed by atoms with van der Waals surface area (Å²) in [4.78, 5) is 34.8. The highest BCUT2D eigenvalue weighted by molar-refractivity contribution is 6.33. The van der Waals surface area contributed by atoms with Crippen molar-refractivity contribution < 1.29 is 19.2 Å². The van der Waals surface area contributed by atoms with Crippen LogP contribution < -0.4 is 5.32 Å². The largest absolute Gasteiger partial charge is 0.449 e. The van der Waals surface area contributed by atoms with Gasteiger partial charge in [-0.2, -0.15) is 0 Å². The number of non-ortho nitro benzene ring substituents is 1. The predicted octanol–water partition coefficient (Wildman–Crippen LogP) is 4.30. The van der Waals surface area contributed by atoms with E-state index in [1.807, 2.05) is 32.0 Å². The van der Waals surface area contributed by atoms with Crippen molar-refractivity contribution in [1.29, 1.82) is 0 Å². The first-order chi connectivity index (χ1) is 12.7. The average molecular weight is 391 g/mol. The maximum atomic E-state index is 12.4. The first kappa shape index (κ1) is 20.4.